The number of benzene rings is 1. The van der Waals surface area contributed by atoms with Gasteiger partial charge in [0.2, 0.25) is 0 Å². The summed E-state index contributed by atoms with van der Waals surface area (Å²) in [5, 5.41) is 11.2. The largest absolute Gasteiger partial charge is 0.465 e. The predicted molar refractivity (Wildman–Crippen MR) is 83.8 cm³/mol. The van der Waals surface area contributed by atoms with E-state index in [1.54, 1.807) is 11.0 Å². The number of hydrogen-bond donors (Lipinski definition) is 2. The van der Waals surface area contributed by atoms with Crippen molar-refractivity contribution in [2.75, 3.05) is 13.1 Å². The lowest BCUT2D eigenvalue weighted by molar-refractivity contribution is 0.0771. The summed E-state index contributed by atoms with van der Waals surface area (Å²) >= 11 is 0. The summed E-state index contributed by atoms with van der Waals surface area (Å²) in [6, 6.07) is 5.88. The van der Waals surface area contributed by atoms with E-state index in [2.05, 4.69) is 10.3 Å². The number of fused-ring (bicyclic) bond motifs is 1. The first-order chi connectivity index (χ1) is 11.0. The van der Waals surface area contributed by atoms with E-state index in [0.717, 1.165) is 0 Å². The van der Waals surface area contributed by atoms with Crippen molar-refractivity contribution in [3.05, 3.63) is 41.3 Å². The fraction of sp³-hybridized carbons (Fsp3) is 0.312. The van der Waals surface area contributed by atoms with Crippen LogP contribution in [-0.2, 0) is 6.54 Å². The zero-order chi connectivity index (χ0) is 17.0. The summed E-state index contributed by atoms with van der Waals surface area (Å²) in [4.78, 5) is 29.2. The number of rotatable bonds is 5. The molecule has 0 spiro atoms. The first kappa shape index (κ1) is 16.7. The Balaban J connectivity index is 2.57. The SMILES string of the molecule is CCN(CC)C(=O)c1cc2c(F)cccc2nc1CNC(=O)O. The Morgan fingerprint density at radius 1 is 1.30 bits per heavy atom. The lowest BCUT2D eigenvalue weighted by Gasteiger charge is -2.20. The molecule has 1 heterocycles. The molecular formula is C16H18FN3O3. The highest BCUT2D eigenvalue weighted by atomic mass is 19.1. The quantitative estimate of drug-likeness (QED) is 0.887. The molecule has 0 radical (unpaired) electrons. The maximum absolute atomic E-state index is 14.0. The number of carboxylic acid groups (broad SMARTS) is 1. The first-order valence-corrected chi connectivity index (χ1v) is 7.32. The van der Waals surface area contributed by atoms with Crippen molar-refractivity contribution in [2.24, 2.45) is 0 Å². The van der Waals surface area contributed by atoms with Crippen molar-refractivity contribution >= 4 is 22.9 Å². The van der Waals surface area contributed by atoms with Crippen LogP contribution in [0.2, 0.25) is 0 Å². The van der Waals surface area contributed by atoms with E-state index in [0.29, 0.717) is 18.6 Å². The van der Waals surface area contributed by atoms with Crippen molar-refractivity contribution in [3.8, 4) is 0 Å². The highest BCUT2D eigenvalue weighted by molar-refractivity contribution is 5.98. The van der Waals surface area contributed by atoms with E-state index in [9.17, 15) is 14.0 Å². The smallest absolute Gasteiger partial charge is 0.404 e. The number of nitrogens with one attached hydrogen (secondary N) is 1. The molecule has 6 nitrogen and oxygen atoms in total. The van der Waals surface area contributed by atoms with Crippen molar-refractivity contribution in [1.82, 2.24) is 15.2 Å². The molecule has 0 saturated heterocycles. The van der Waals surface area contributed by atoms with Crippen LogP contribution < -0.4 is 5.32 Å². The molecule has 0 atom stereocenters. The standard InChI is InChI=1S/C16H18FN3O3/c1-3-20(4-2)15(21)11-8-10-12(17)6-5-7-13(10)19-14(11)9-18-16(22)23/h5-8,18H,3-4,9H2,1-2H3,(H,22,23). The maximum atomic E-state index is 14.0. The minimum Gasteiger partial charge on any atom is -0.465 e. The molecule has 0 bridgehead atoms. The minimum atomic E-state index is -1.22. The van der Waals surface area contributed by atoms with Crippen molar-refractivity contribution in [1.29, 1.82) is 0 Å². The van der Waals surface area contributed by atoms with Crippen LogP contribution in [0.1, 0.15) is 29.9 Å². The monoisotopic (exact) mass is 319 g/mol. The molecule has 0 aliphatic carbocycles. The van der Waals surface area contributed by atoms with Crippen LogP contribution in [0.15, 0.2) is 24.3 Å². The van der Waals surface area contributed by atoms with Gasteiger partial charge in [-0.05, 0) is 32.0 Å². The highest BCUT2D eigenvalue weighted by Gasteiger charge is 2.20. The second-order valence-electron chi connectivity index (χ2n) is 4.93. The second kappa shape index (κ2) is 7.04. The zero-order valence-electron chi connectivity index (χ0n) is 13.0. The van der Waals surface area contributed by atoms with Crippen LogP contribution in [0, 0.1) is 5.82 Å². The van der Waals surface area contributed by atoms with E-state index in [4.69, 9.17) is 5.11 Å². The third-order valence-electron chi connectivity index (χ3n) is 3.57. The predicted octanol–water partition coefficient (Wildman–Crippen LogP) is 2.62. The van der Waals surface area contributed by atoms with Gasteiger partial charge in [0.05, 0.1) is 23.3 Å². The number of pyridine rings is 1. The van der Waals surface area contributed by atoms with Crippen molar-refractivity contribution in [2.45, 2.75) is 20.4 Å². The van der Waals surface area contributed by atoms with Gasteiger partial charge < -0.3 is 15.3 Å². The van der Waals surface area contributed by atoms with E-state index in [1.165, 1.54) is 18.2 Å². The molecule has 7 heteroatoms. The lowest BCUT2D eigenvalue weighted by atomic mass is 10.1. The molecule has 0 aliphatic heterocycles. The summed E-state index contributed by atoms with van der Waals surface area (Å²) in [5.74, 6) is -0.767. The average molecular weight is 319 g/mol. The fourth-order valence-corrected chi connectivity index (χ4v) is 2.36. The van der Waals surface area contributed by atoms with Crippen LogP contribution >= 0.6 is 0 Å². The summed E-state index contributed by atoms with van der Waals surface area (Å²) in [7, 11) is 0. The normalized spacial score (nSPS) is 10.6. The first-order valence-electron chi connectivity index (χ1n) is 7.32. The van der Waals surface area contributed by atoms with Gasteiger partial charge in [0, 0.05) is 18.5 Å². The van der Waals surface area contributed by atoms with Gasteiger partial charge in [0.1, 0.15) is 5.82 Å². The summed E-state index contributed by atoms with van der Waals surface area (Å²) in [5.41, 5.74) is 0.866. The molecule has 0 unspecified atom stereocenters. The van der Waals surface area contributed by atoms with Gasteiger partial charge in [-0.1, -0.05) is 6.07 Å². The molecule has 1 aromatic heterocycles. The van der Waals surface area contributed by atoms with Gasteiger partial charge in [0.25, 0.3) is 5.91 Å². The summed E-state index contributed by atoms with van der Waals surface area (Å²) in [6.07, 6.45) is -1.22. The molecular weight excluding hydrogens is 301 g/mol. The molecule has 0 aliphatic rings. The molecule has 0 saturated carbocycles. The Bertz CT molecular complexity index is 745. The molecule has 122 valence electrons. The Morgan fingerprint density at radius 2 is 2.00 bits per heavy atom. The number of halogens is 1. The van der Waals surface area contributed by atoms with Gasteiger partial charge in [0.15, 0.2) is 0 Å². The summed E-state index contributed by atoms with van der Waals surface area (Å²) < 4.78 is 14.0. The van der Waals surface area contributed by atoms with Crippen LogP contribution in [0.3, 0.4) is 0 Å². The number of carbonyl (C=O) groups excluding carboxylic acids is 1. The van der Waals surface area contributed by atoms with Gasteiger partial charge in [-0.25, -0.2) is 14.2 Å². The Kier molecular flexibility index (Phi) is 5.10. The van der Waals surface area contributed by atoms with E-state index >= 15 is 0 Å². The van der Waals surface area contributed by atoms with Gasteiger partial charge in [-0.15, -0.1) is 0 Å². The lowest BCUT2D eigenvalue weighted by Crippen LogP contribution is -2.32. The van der Waals surface area contributed by atoms with E-state index in [-0.39, 0.29) is 29.1 Å². The van der Waals surface area contributed by atoms with Gasteiger partial charge in [-0.3, -0.25) is 4.79 Å². The third kappa shape index (κ3) is 3.56. The van der Waals surface area contributed by atoms with Crippen LogP contribution in [0.25, 0.3) is 10.9 Å². The van der Waals surface area contributed by atoms with E-state index in [1.807, 2.05) is 13.8 Å². The van der Waals surface area contributed by atoms with Crippen molar-refractivity contribution < 1.29 is 19.1 Å². The van der Waals surface area contributed by atoms with Gasteiger partial charge >= 0.3 is 6.09 Å². The van der Waals surface area contributed by atoms with Gasteiger partial charge in [-0.2, -0.15) is 0 Å². The molecule has 0 fully saturated rings. The van der Waals surface area contributed by atoms with Crippen LogP contribution in [0.4, 0.5) is 9.18 Å². The molecule has 2 N–H and O–H groups in total. The second-order valence-corrected chi connectivity index (χ2v) is 4.93. The maximum Gasteiger partial charge on any atom is 0.404 e. The molecule has 23 heavy (non-hydrogen) atoms. The van der Waals surface area contributed by atoms with E-state index < -0.39 is 11.9 Å². The topological polar surface area (TPSA) is 82.5 Å². The number of carbonyl (C=O) groups is 2. The zero-order valence-corrected chi connectivity index (χ0v) is 13.0. The van der Waals surface area contributed by atoms with Crippen LogP contribution in [0.5, 0.6) is 0 Å². The molecule has 2 amide bonds. The van der Waals surface area contributed by atoms with Crippen molar-refractivity contribution in [3.63, 3.8) is 0 Å². The van der Waals surface area contributed by atoms with Crippen LogP contribution in [-0.4, -0.2) is 40.1 Å². The number of nitrogens with zero attached hydrogens (tertiary/aromatic N) is 2. The number of aromatic nitrogens is 1. The molecule has 1 aromatic carbocycles. The molecule has 2 rings (SSSR count). The number of hydrogen-bond acceptors (Lipinski definition) is 3. The summed E-state index contributed by atoms with van der Waals surface area (Å²) in [6.45, 7) is 4.55. The third-order valence-corrected chi connectivity index (χ3v) is 3.57. The minimum absolute atomic E-state index is 0.121. The Hall–Kier alpha value is -2.70. The molecule has 2 aromatic rings. The highest BCUT2D eigenvalue weighted by Crippen LogP contribution is 2.21. The fourth-order valence-electron chi connectivity index (χ4n) is 2.36. The Labute approximate surface area is 132 Å². The Morgan fingerprint density at radius 3 is 2.61 bits per heavy atom. The number of amides is 2. The average Bonchev–Trinajstić information content (AvgIpc) is 2.53.